The number of nitrogens with zero attached hydrogens (tertiary/aromatic N) is 2. The number of benzene rings is 1. The first-order valence-electron chi connectivity index (χ1n) is 4.81. The fourth-order valence-electron chi connectivity index (χ4n) is 1.60. The summed E-state index contributed by atoms with van der Waals surface area (Å²) in [6, 6.07) is 10.1. The molecule has 0 amide bonds. The summed E-state index contributed by atoms with van der Waals surface area (Å²) >= 11 is 3.45. The first-order chi connectivity index (χ1) is 7.83. The number of rotatable bonds is 1. The lowest BCUT2D eigenvalue weighted by molar-refractivity contribution is 1.29. The monoisotopic (exact) mass is 272 g/mol. The molecule has 3 aromatic rings. The fraction of sp³-hybridized carbons (Fsp3) is 0. The Morgan fingerprint density at radius 1 is 1.19 bits per heavy atom. The first-order valence-corrected chi connectivity index (χ1v) is 5.60. The Bertz CT molecular complexity index is 645. The molecule has 0 saturated carbocycles. The Morgan fingerprint density at radius 2 is 2.12 bits per heavy atom. The maximum Gasteiger partial charge on any atom is 0.175 e. The number of fused-ring (bicyclic) bond motifs is 1. The van der Waals surface area contributed by atoms with Gasteiger partial charge in [-0.15, -0.1) is 0 Å². The second kappa shape index (κ2) is 3.72. The number of aromatic amines is 1. The summed E-state index contributed by atoms with van der Waals surface area (Å²) in [5.41, 5.74) is 3.76. The van der Waals surface area contributed by atoms with Crippen molar-refractivity contribution in [3.8, 4) is 11.1 Å². The number of pyridine rings is 1. The van der Waals surface area contributed by atoms with Crippen LogP contribution in [0.2, 0.25) is 0 Å². The highest BCUT2D eigenvalue weighted by Gasteiger charge is 2.02. The van der Waals surface area contributed by atoms with Gasteiger partial charge < -0.3 is 4.98 Å². The van der Waals surface area contributed by atoms with Crippen molar-refractivity contribution in [2.45, 2.75) is 0 Å². The van der Waals surface area contributed by atoms with E-state index in [2.05, 4.69) is 43.3 Å². The second-order valence-corrected chi connectivity index (χ2v) is 4.37. The molecule has 4 heteroatoms. The van der Waals surface area contributed by atoms with E-state index < -0.39 is 0 Å². The fourth-order valence-corrected chi connectivity index (χ4v) is 2.00. The SMILES string of the molecule is Brc1cccc(-c2cnc3[nH][c]nc3c2)c1. The molecule has 1 aromatic carbocycles. The molecular formula is C12H7BrN3. The molecular weight excluding hydrogens is 266 g/mol. The lowest BCUT2D eigenvalue weighted by Gasteiger charge is -2.01. The topological polar surface area (TPSA) is 41.6 Å². The summed E-state index contributed by atoms with van der Waals surface area (Å²) in [6.07, 6.45) is 4.51. The molecule has 0 bridgehead atoms. The Balaban J connectivity index is 2.18. The van der Waals surface area contributed by atoms with Gasteiger partial charge in [-0.2, -0.15) is 0 Å². The van der Waals surface area contributed by atoms with Gasteiger partial charge in [-0.25, -0.2) is 9.97 Å². The largest absolute Gasteiger partial charge is 0.320 e. The van der Waals surface area contributed by atoms with Crippen LogP contribution in [0.15, 0.2) is 41.0 Å². The van der Waals surface area contributed by atoms with Crippen LogP contribution in [0.1, 0.15) is 0 Å². The lowest BCUT2D eigenvalue weighted by Crippen LogP contribution is -1.82. The molecule has 0 spiro atoms. The molecule has 16 heavy (non-hydrogen) atoms. The van der Waals surface area contributed by atoms with Crippen molar-refractivity contribution in [1.82, 2.24) is 15.0 Å². The Kier molecular flexibility index (Phi) is 2.22. The van der Waals surface area contributed by atoms with Gasteiger partial charge in [0.15, 0.2) is 12.0 Å². The zero-order valence-electron chi connectivity index (χ0n) is 8.24. The quantitative estimate of drug-likeness (QED) is 0.739. The van der Waals surface area contributed by atoms with Gasteiger partial charge in [0.2, 0.25) is 0 Å². The second-order valence-electron chi connectivity index (χ2n) is 3.45. The van der Waals surface area contributed by atoms with Crippen molar-refractivity contribution in [3.05, 3.63) is 47.3 Å². The summed E-state index contributed by atoms with van der Waals surface area (Å²) in [6.45, 7) is 0. The Hall–Kier alpha value is -1.68. The molecule has 0 aliphatic heterocycles. The number of nitrogens with one attached hydrogen (secondary N) is 1. The predicted octanol–water partition coefficient (Wildman–Crippen LogP) is 3.19. The zero-order chi connectivity index (χ0) is 11.0. The van der Waals surface area contributed by atoms with E-state index in [1.54, 1.807) is 0 Å². The van der Waals surface area contributed by atoms with Crippen LogP contribution in [0.4, 0.5) is 0 Å². The average molecular weight is 273 g/mol. The van der Waals surface area contributed by atoms with E-state index >= 15 is 0 Å². The summed E-state index contributed by atoms with van der Waals surface area (Å²) in [7, 11) is 0. The molecule has 0 saturated heterocycles. The molecule has 0 atom stereocenters. The van der Waals surface area contributed by atoms with Crippen LogP contribution in [0.3, 0.4) is 0 Å². The standard InChI is InChI=1S/C12H7BrN3/c13-10-3-1-2-8(4-10)9-5-11-12(14-6-9)16-7-15-11/h1-6H,(H,14,15,16). The molecule has 0 unspecified atom stereocenters. The number of imidazole rings is 1. The lowest BCUT2D eigenvalue weighted by atomic mass is 10.1. The van der Waals surface area contributed by atoms with Crippen LogP contribution < -0.4 is 0 Å². The normalized spacial score (nSPS) is 10.8. The predicted molar refractivity (Wildman–Crippen MR) is 65.9 cm³/mol. The van der Waals surface area contributed by atoms with Crippen molar-refractivity contribution in [1.29, 1.82) is 0 Å². The molecule has 3 nitrogen and oxygen atoms in total. The minimum absolute atomic E-state index is 0.763. The van der Waals surface area contributed by atoms with Crippen LogP contribution in [-0.4, -0.2) is 15.0 Å². The van der Waals surface area contributed by atoms with Crippen LogP contribution in [0.5, 0.6) is 0 Å². The molecule has 0 fully saturated rings. The smallest absolute Gasteiger partial charge is 0.175 e. The number of halogens is 1. The highest BCUT2D eigenvalue weighted by atomic mass is 79.9. The molecule has 0 aliphatic rings. The average Bonchev–Trinajstić information content (AvgIpc) is 2.75. The van der Waals surface area contributed by atoms with Gasteiger partial charge in [-0.05, 0) is 23.8 Å². The molecule has 1 N–H and O–H groups in total. The molecule has 3 rings (SSSR count). The van der Waals surface area contributed by atoms with Gasteiger partial charge in [0.05, 0.1) is 0 Å². The maximum absolute atomic E-state index is 4.28. The summed E-state index contributed by atoms with van der Waals surface area (Å²) in [5.74, 6) is 0. The van der Waals surface area contributed by atoms with E-state index in [4.69, 9.17) is 0 Å². The van der Waals surface area contributed by atoms with E-state index in [1.807, 2.05) is 30.5 Å². The minimum Gasteiger partial charge on any atom is -0.320 e. The number of hydrogen-bond donors (Lipinski definition) is 1. The van der Waals surface area contributed by atoms with Crippen molar-refractivity contribution < 1.29 is 0 Å². The number of hydrogen-bond acceptors (Lipinski definition) is 2. The van der Waals surface area contributed by atoms with E-state index in [-0.39, 0.29) is 0 Å². The Morgan fingerprint density at radius 3 is 3.00 bits per heavy atom. The van der Waals surface area contributed by atoms with E-state index in [1.165, 1.54) is 0 Å². The van der Waals surface area contributed by atoms with Gasteiger partial charge in [0, 0.05) is 16.2 Å². The van der Waals surface area contributed by atoms with E-state index in [0.717, 1.165) is 26.8 Å². The van der Waals surface area contributed by atoms with Crippen LogP contribution in [-0.2, 0) is 0 Å². The van der Waals surface area contributed by atoms with E-state index in [9.17, 15) is 0 Å². The van der Waals surface area contributed by atoms with Crippen molar-refractivity contribution in [2.75, 3.05) is 0 Å². The summed E-state index contributed by atoms with van der Waals surface area (Å²) in [4.78, 5) is 11.2. The molecule has 0 aliphatic carbocycles. The van der Waals surface area contributed by atoms with E-state index in [0.29, 0.717) is 0 Å². The zero-order valence-corrected chi connectivity index (χ0v) is 9.82. The van der Waals surface area contributed by atoms with Gasteiger partial charge in [-0.3, -0.25) is 0 Å². The maximum atomic E-state index is 4.28. The molecule has 2 heterocycles. The van der Waals surface area contributed by atoms with Gasteiger partial charge in [0.25, 0.3) is 0 Å². The van der Waals surface area contributed by atoms with Crippen molar-refractivity contribution >= 4 is 27.1 Å². The first kappa shape index (κ1) is 9.54. The summed E-state index contributed by atoms with van der Waals surface area (Å²) in [5, 5.41) is 0. The highest BCUT2D eigenvalue weighted by molar-refractivity contribution is 9.10. The third kappa shape index (κ3) is 1.61. The third-order valence-electron chi connectivity index (χ3n) is 2.38. The molecule has 77 valence electrons. The Labute approximate surface area is 101 Å². The van der Waals surface area contributed by atoms with Crippen LogP contribution in [0, 0.1) is 6.33 Å². The summed E-state index contributed by atoms with van der Waals surface area (Å²) < 4.78 is 1.05. The van der Waals surface area contributed by atoms with Gasteiger partial charge >= 0.3 is 0 Å². The van der Waals surface area contributed by atoms with Crippen LogP contribution >= 0.6 is 15.9 Å². The third-order valence-corrected chi connectivity index (χ3v) is 2.87. The van der Waals surface area contributed by atoms with Gasteiger partial charge in [0.1, 0.15) is 5.52 Å². The highest BCUT2D eigenvalue weighted by Crippen LogP contribution is 2.23. The van der Waals surface area contributed by atoms with Crippen LogP contribution in [0.25, 0.3) is 22.3 Å². The van der Waals surface area contributed by atoms with Crippen molar-refractivity contribution in [2.24, 2.45) is 0 Å². The van der Waals surface area contributed by atoms with Gasteiger partial charge in [-0.1, -0.05) is 28.1 Å². The minimum atomic E-state index is 0.763. The number of H-pyrrole nitrogens is 1. The molecule has 1 radical (unpaired) electrons. The van der Waals surface area contributed by atoms with Crippen molar-refractivity contribution in [3.63, 3.8) is 0 Å². The molecule has 2 aromatic heterocycles. The number of aromatic nitrogens is 3.